The van der Waals surface area contributed by atoms with E-state index in [1.54, 1.807) is 7.11 Å². The van der Waals surface area contributed by atoms with E-state index in [1.165, 1.54) is 0 Å². The molecule has 1 fully saturated rings. The van der Waals surface area contributed by atoms with Gasteiger partial charge in [-0.15, -0.1) is 0 Å². The fourth-order valence-corrected chi connectivity index (χ4v) is 3.85. The summed E-state index contributed by atoms with van der Waals surface area (Å²) in [5.41, 5.74) is 2.12. The van der Waals surface area contributed by atoms with Gasteiger partial charge in [0.05, 0.1) is 19.3 Å². The highest BCUT2D eigenvalue weighted by molar-refractivity contribution is 6.07. The van der Waals surface area contributed by atoms with Gasteiger partial charge in [0, 0.05) is 30.0 Å². The van der Waals surface area contributed by atoms with Crippen LogP contribution in [-0.2, 0) is 4.79 Å². The summed E-state index contributed by atoms with van der Waals surface area (Å²) in [5, 5.41) is 14.3. The molecule has 1 saturated heterocycles. The van der Waals surface area contributed by atoms with E-state index in [-0.39, 0.29) is 18.4 Å². The quantitative estimate of drug-likeness (QED) is 0.723. The number of ether oxygens (including phenoxy) is 1. The van der Waals surface area contributed by atoms with Gasteiger partial charge in [-0.05, 0) is 37.4 Å². The van der Waals surface area contributed by atoms with Gasteiger partial charge in [-0.1, -0.05) is 18.2 Å². The number of aliphatic hydroxyl groups is 1. The molecule has 2 heterocycles. The minimum absolute atomic E-state index is 0.0950. The Hall–Kier alpha value is -2.57. The molecule has 0 unspecified atom stereocenters. The molecular formula is C21H24N2O4. The summed E-state index contributed by atoms with van der Waals surface area (Å²) < 4.78 is 11.4. The zero-order valence-corrected chi connectivity index (χ0v) is 15.4. The second-order valence-corrected chi connectivity index (χ2v) is 7.12. The minimum Gasteiger partial charge on any atom is -0.495 e. The maximum absolute atomic E-state index is 12.6. The number of amides is 1. The first-order valence-corrected chi connectivity index (χ1v) is 9.30. The summed E-state index contributed by atoms with van der Waals surface area (Å²) in [7, 11) is 1.59. The van der Waals surface area contributed by atoms with Crippen molar-refractivity contribution in [1.29, 1.82) is 0 Å². The lowest BCUT2D eigenvalue weighted by molar-refractivity contribution is -0.117. The largest absolute Gasteiger partial charge is 0.495 e. The van der Waals surface area contributed by atoms with Crippen molar-refractivity contribution >= 4 is 33.5 Å². The van der Waals surface area contributed by atoms with Crippen molar-refractivity contribution in [2.45, 2.75) is 12.8 Å². The first-order valence-electron chi connectivity index (χ1n) is 9.30. The molecule has 4 rings (SSSR count). The number of nitrogens with one attached hydrogen (secondary N) is 1. The minimum atomic E-state index is -0.0950. The molecule has 2 N–H and O–H groups in total. The van der Waals surface area contributed by atoms with Crippen molar-refractivity contribution in [3.05, 3.63) is 36.4 Å². The number of nitrogens with zero attached hydrogens (tertiary/aromatic N) is 1. The zero-order valence-electron chi connectivity index (χ0n) is 15.4. The zero-order chi connectivity index (χ0) is 18.8. The average molecular weight is 368 g/mol. The van der Waals surface area contributed by atoms with Gasteiger partial charge in [-0.2, -0.15) is 0 Å². The normalized spacial score (nSPS) is 18.1. The maximum Gasteiger partial charge on any atom is 0.238 e. The Morgan fingerprint density at radius 1 is 1.30 bits per heavy atom. The summed E-state index contributed by atoms with van der Waals surface area (Å²) in [4.78, 5) is 14.6. The van der Waals surface area contributed by atoms with Gasteiger partial charge in [0.2, 0.25) is 5.91 Å². The first-order chi connectivity index (χ1) is 13.2. The van der Waals surface area contributed by atoms with Crippen LogP contribution in [0.3, 0.4) is 0 Å². The smallest absolute Gasteiger partial charge is 0.238 e. The predicted octanol–water partition coefficient (Wildman–Crippen LogP) is 3.24. The SMILES string of the molecule is COc1cc2c(cc1NC(=O)CN1CCC[C@@H](CO)C1)oc1ccccc12. The van der Waals surface area contributed by atoms with Gasteiger partial charge in [-0.3, -0.25) is 9.69 Å². The molecule has 2 aromatic carbocycles. The number of carbonyl (C=O) groups excluding carboxylic acids is 1. The standard InChI is InChI=1S/C21H24N2O4/c1-26-20-9-16-15-6-2-3-7-18(15)27-19(16)10-17(20)22-21(25)12-23-8-4-5-14(11-23)13-24/h2-3,6-7,9-10,14,24H,4-5,8,11-13H2,1H3,(H,22,25)/t14-/m1/s1. The van der Waals surface area contributed by atoms with Crippen LogP contribution in [-0.4, -0.2) is 49.3 Å². The molecule has 6 nitrogen and oxygen atoms in total. The molecule has 0 aliphatic carbocycles. The van der Waals surface area contributed by atoms with Crippen LogP contribution in [0, 0.1) is 5.92 Å². The molecule has 1 aliphatic rings. The Morgan fingerprint density at radius 3 is 2.96 bits per heavy atom. The van der Waals surface area contributed by atoms with Gasteiger partial charge < -0.3 is 19.6 Å². The summed E-state index contributed by atoms with van der Waals surface area (Å²) >= 11 is 0. The number of carbonyl (C=O) groups is 1. The number of piperidine rings is 1. The summed E-state index contributed by atoms with van der Waals surface area (Å²) in [6.07, 6.45) is 2.03. The Labute approximate surface area is 157 Å². The number of hydrogen-bond acceptors (Lipinski definition) is 5. The van der Waals surface area contributed by atoms with Gasteiger partial charge in [0.15, 0.2) is 0 Å². The van der Waals surface area contributed by atoms with Crippen molar-refractivity contribution in [3.63, 3.8) is 0 Å². The molecule has 0 spiro atoms. The van der Waals surface area contributed by atoms with Crippen LogP contribution in [0.5, 0.6) is 5.75 Å². The topological polar surface area (TPSA) is 74.9 Å². The van der Waals surface area contributed by atoms with Gasteiger partial charge >= 0.3 is 0 Å². The average Bonchev–Trinajstić information content (AvgIpc) is 3.04. The van der Waals surface area contributed by atoms with Crippen LogP contribution in [0.4, 0.5) is 5.69 Å². The Morgan fingerprint density at radius 2 is 2.15 bits per heavy atom. The van der Waals surface area contributed by atoms with E-state index in [4.69, 9.17) is 9.15 Å². The highest BCUT2D eigenvalue weighted by atomic mass is 16.5. The summed E-state index contributed by atoms with van der Waals surface area (Å²) in [6.45, 7) is 2.11. The van der Waals surface area contributed by atoms with E-state index in [1.807, 2.05) is 36.4 Å². The number of para-hydroxylation sites is 1. The monoisotopic (exact) mass is 368 g/mol. The molecule has 6 heteroatoms. The van der Waals surface area contributed by atoms with Crippen molar-refractivity contribution < 1.29 is 19.1 Å². The fourth-order valence-electron chi connectivity index (χ4n) is 3.85. The van der Waals surface area contributed by atoms with E-state index in [2.05, 4.69) is 10.2 Å². The van der Waals surface area contributed by atoms with E-state index in [0.717, 1.165) is 42.3 Å². The highest BCUT2D eigenvalue weighted by Gasteiger charge is 2.22. The lowest BCUT2D eigenvalue weighted by Crippen LogP contribution is -2.41. The number of rotatable bonds is 5. The number of fused-ring (bicyclic) bond motifs is 3. The van der Waals surface area contributed by atoms with Crippen LogP contribution >= 0.6 is 0 Å². The Kier molecular flexibility index (Phi) is 5.01. The third-order valence-electron chi connectivity index (χ3n) is 5.20. The molecule has 0 saturated carbocycles. The van der Waals surface area contributed by atoms with Crippen LogP contribution in [0.2, 0.25) is 0 Å². The number of anilines is 1. The summed E-state index contributed by atoms with van der Waals surface area (Å²) in [6, 6.07) is 11.6. The number of aliphatic hydroxyl groups excluding tert-OH is 1. The van der Waals surface area contributed by atoms with Crippen molar-refractivity contribution in [2.24, 2.45) is 5.92 Å². The number of likely N-dealkylation sites (tertiary alicyclic amines) is 1. The molecule has 3 aromatic rings. The molecular weight excluding hydrogens is 344 g/mol. The van der Waals surface area contributed by atoms with E-state index >= 15 is 0 Å². The number of furan rings is 1. The molecule has 1 amide bonds. The molecule has 0 bridgehead atoms. The van der Waals surface area contributed by atoms with Crippen LogP contribution < -0.4 is 10.1 Å². The van der Waals surface area contributed by atoms with Crippen molar-refractivity contribution in [3.8, 4) is 5.75 Å². The van der Waals surface area contributed by atoms with E-state index < -0.39 is 0 Å². The van der Waals surface area contributed by atoms with E-state index in [9.17, 15) is 9.90 Å². The Bertz CT molecular complexity index is 965. The highest BCUT2D eigenvalue weighted by Crippen LogP contribution is 2.36. The molecule has 27 heavy (non-hydrogen) atoms. The number of benzene rings is 2. The Balaban J connectivity index is 1.55. The molecule has 1 atom stereocenters. The summed E-state index contributed by atoms with van der Waals surface area (Å²) in [5.74, 6) is 0.768. The van der Waals surface area contributed by atoms with Crippen LogP contribution in [0.1, 0.15) is 12.8 Å². The van der Waals surface area contributed by atoms with Gasteiger partial charge in [-0.25, -0.2) is 0 Å². The maximum atomic E-state index is 12.6. The molecule has 142 valence electrons. The van der Waals surface area contributed by atoms with Gasteiger partial charge in [0.1, 0.15) is 16.9 Å². The molecule has 0 radical (unpaired) electrons. The molecule has 1 aliphatic heterocycles. The van der Waals surface area contributed by atoms with Gasteiger partial charge in [0.25, 0.3) is 0 Å². The lowest BCUT2D eigenvalue weighted by atomic mass is 9.99. The van der Waals surface area contributed by atoms with E-state index in [0.29, 0.717) is 23.6 Å². The first kappa shape index (κ1) is 17.8. The second kappa shape index (κ2) is 7.58. The number of hydrogen-bond donors (Lipinski definition) is 2. The van der Waals surface area contributed by atoms with Crippen molar-refractivity contribution in [2.75, 3.05) is 38.7 Å². The second-order valence-electron chi connectivity index (χ2n) is 7.12. The third kappa shape index (κ3) is 3.63. The predicted molar refractivity (Wildman–Crippen MR) is 105 cm³/mol. The van der Waals surface area contributed by atoms with Crippen molar-refractivity contribution in [1.82, 2.24) is 4.90 Å². The van der Waals surface area contributed by atoms with Crippen LogP contribution in [0.25, 0.3) is 21.9 Å². The fraction of sp³-hybridized carbons (Fsp3) is 0.381. The number of methoxy groups -OCH3 is 1. The lowest BCUT2D eigenvalue weighted by Gasteiger charge is -2.31. The van der Waals surface area contributed by atoms with Crippen LogP contribution in [0.15, 0.2) is 40.8 Å². The third-order valence-corrected chi connectivity index (χ3v) is 5.20. The molecule has 1 aromatic heterocycles.